The molecule has 4 bridgehead atoms. The fraction of sp³-hybridized carbons (Fsp3) is 0.800. The van der Waals surface area contributed by atoms with Crippen LogP contribution >= 0.6 is 0 Å². The summed E-state index contributed by atoms with van der Waals surface area (Å²) in [6, 6.07) is 5.08. The second-order valence-corrected chi connectivity index (χ2v) is 14.1. The molecule has 0 radical (unpaired) electrons. The van der Waals surface area contributed by atoms with Crippen LogP contribution in [0.4, 0.5) is 0 Å². The summed E-state index contributed by atoms with van der Waals surface area (Å²) in [5, 5.41) is 12.1. The van der Waals surface area contributed by atoms with Crippen LogP contribution in [-0.2, 0) is 16.6 Å². The second kappa shape index (κ2) is 6.22. The average molecular weight is 480 g/mol. The van der Waals surface area contributed by atoms with Crippen molar-refractivity contribution in [3.05, 3.63) is 23.3 Å². The zero-order valence-electron chi connectivity index (χ0n) is 22.0. The van der Waals surface area contributed by atoms with E-state index < -0.39 is 11.2 Å². The van der Waals surface area contributed by atoms with E-state index >= 15 is 0 Å². The molecular formula is C30H41NO4. The van der Waals surface area contributed by atoms with Gasteiger partial charge >= 0.3 is 0 Å². The van der Waals surface area contributed by atoms with Gasteiger partial charge < -0.3 is 19.3 Å². The Kier molecular flexibility index (Phi) is 3.86. The molecule has 6 aliphatic carbocycles. The average Bonchev–Trinajstić information content (AvgIpc) is 3.68. The molecule has 0 amide bonds. The van der Waals surface area contributed by atoms with Crippen LogP contribution in [-0.4, -0.2) is 59.7 Å². The third-order valence-corrected chi connectivity index (χ3v) is 12.0. The number of aliphatic hydroxyl groups is 1. The lowest BCUT2D eigenvalue weighted by molar-refractivity contribution is -0.279. The normalized spacial score (nSPS) is 48.9. The topological polar surface area (TPSA) is 50.9 Å². The molecule has 3 spiro atoms. The SMILES string of the molecule is COc1ccc2c3c1OC1C4(OC)CCC5(CC4C(C)(O)CC(C)C)C4N(CC6CC6)[C@]4(C2)C[C@]315. The summed E-state index contributed by atoms with van der Waals surface area (Å²) < 4.78 is 19.6. The van der Waals surface area contributed by atoms with Crippen molar-refractivity contribution in [3.63, 3.8) is 0 Å². The van der Waals surface area contributed by atoms with Gasteiger partial charge in [0.2, 0.25) is 0 Å². The molecule has 190 valence electrons. The largest absolute Gasteiger partial charge is 0.493 e. The number of hydrogen-bond acceptors (Lipinski definition) is 5. The third kappa shape index (κ3) is 2.19. The number of hydrogen-bond donors (Lipinski definition) is 1. The van der Waals surface area contributed by atoms with Crippen molar-refractivity contribution in [2.24, 2.45) is 23.2 Å². The van der Waals surface area contributed by atoms with Gasteiger partial charge in [-0.2, -0.15) is 0 Å². The molecule has 1 aromatic rings. The molecule has 7 unspecified atom stereocenters. The molecule has 5 nitrogen and oxygen atoms in total. The van der Waals surface area contributed by atoms with Gasteiger partial charge in [0.1, 0.15) is 11.7 Å². The highest BCUT2D eigenvalue weighted by atomic mass is 16.6. The van der Waals surface area contributed by atoms with Crippen LogP contribution in [0.15, 0.2) is 12.1 Å². The monoisotopic (exact) mass is 479 g/mol. The fourth-order valence-corrected chi connectivity index (χ4v) is 11.1. The van der Waals surface area contributed by atoms with Gasteiger partial charge in [0, 0.05) is 47.5 Å². The van der Waals surface area contributed by atoms with Crippen molar-refractivity contribution in [1.29, 1.82) is 0 Å². The lowest BCUT2D eigenvalue weighted by atomic mass is 9.39. The van der Waals surface area contributed by atoms with Crippen LogP contribution < -0.4 is 9.47 Å². The van der Waals surface area contributed by atoms with E-state index in [2.05, 4.69) is 37.8 Å². The first-order chi connectivity index (χ1) is 16.7. The minimum atomic E-state index is -0.787. The van der Waals surface area contributed by atoms with E-state index in [1.165, 1.54) is 43.4 Å². The first kappa shape index (κ1) is 21.8. The Hall–Kier alpha value is -1.30. The van der Waals surface area contributed by atoms with E-state index in [9.17, 15) is 5.11 Å². The molecule has 35 heavy (non-hydrogen) atoms. The molecule has 1 saturated heterocycles. The van der Waals surface area contributed by atoms with Gasteiger partial charge in [0.25, 0.3) is 0 Å². The Labute approximate surface area is 209 Å². The number of rotatable bonds is 7. The Balaban J connectivity index is 1.36. The highest BCUT2D eigenvalue weighted by Crippen LogP contribution is 2.86. The summed E-state index contributed by atoms with van der Waals surface area (Å²) in [7, 11) is 3.65. The van der Waals surface area contributed by atoms with Crippen LogP contribution in [0.2, 0.25) is 0 Å². The first-order valence-electron chi connectivity index (χ1n) is 14.1. The number of ether oxygens (including phenoxy) is 3. The van der Waals surface area contributed by atoms with Gasteiger partial charge in [-0.1, -0.05) is 19.9 Å². The molecule has 1 N–H and O–H groups in total. The third-order valence-electron chi connectivity index (χ3n) is 12.0. The van der Waals surface area contributed by atoms with Gasteiger partial charge in [0.15, 0.2) is 11.5 Å². The van der Waals surface area contributed by atoms with Gasteiger partial charge in [-0.3, -0.25) is 4.90 Å². The first-order valence-corrected chi connectivity index (χ1v) is 14.1. The molecule has 8 aliphatic rings. The molecule has 1 aromatic carbocycles. The predicted molar refractivity (Wildman–Crippen MR) is 133 cm³/mol. The number of methoxy groups -OCH3 is 2. The number of fused-ring (bicyclic) bond motifs is 2. The van der Waals surface area contributed by atoms with Crippen LogP contribution in [0.25, 0.3) is 0 Å². The molecular weight excluding hydrogens is 438 g/mol. The lowest BCUT2D eigenvalue weighted by Gasteiger charge is -2.69. The Morgan fingerprint density at radius 1 is 1.23 bits per heavy atom. The van der Waals surface area contributed by atoms with Crippen LogP contribution in [0.5, 0.6) is 11.5 Å². The number of benzene rings is 1. The Morgan fingerprint density at radius 2 is 2.03 bits per heavy atom. The lowest BCUT2D eigenvalue weighted by Crippen LogP contribution is -2.77. The highest BCUT2D eigenvalue weighted by molar-refractivity contribution is 5.67. The molecule has 9 rings (SSSR count). The van der Waals surface area contributed by atoms with E-state index in [-0.39, 0.29) is 28.4 Å². The standard InChI is InChI=1S/C30H41NO4/c1-17(2)12-26(3,32)21-14-27-10-11-30(21,34-5)25-29(27)16-28(24(27)31(28)15-18-6-7-18)13-19-8-9-20(33-4)23(35-25)22(19)29/h8-9,17-18,21,24-25,32H,6-7,10-16H2,1-5H3/t21?,24?,25?,26?,27?,28-,29+,30?,31?/m1/s1. The van der Waals surface area contributed by atoms with Crippen molar-refractivity contribution in [2.75, 3.05) is 20.8 Å². The summed E-state index contributed by atoms with van der Waals surface area (Å²) in [6.45, 7) is 7.81. The van der Waals surface area contributed by atoms with Gasteiger partial charge in [-0.15, -0.1) is 0 Å². The van der Waals surface area contributed by atoms with Crippen molar-refractivity contribution in [2.45, 2.75) is 106 Å². The smallest absolute Gasteiger partial charge is 0.165 e. The second-order valence-electron chi connectivity index (χ2n) is 14.1. The number of piperidine rings is 1. The molecule has 5 saturated carbocycles. The Morgan fingerprint density at radius 3 is 2.71 bits per heavy atom. The van der Waals surface area contributed by atoms with E-state index in [4.69, 9.17) is 14.2 Å². The molecule has 6 fully saturated rings. The van der Waals surface area contributed by atoms with Crippen LogP contribution in [0.1, 0.15) is 76.8 Å². The van der Waals surface area contributed by atoms with Gasteiger partial charge in [0.05, 0.1) is 12.7 Å². The minimum Gasteiger partial charge on any atom is -0.493 e. The van der Waals surface area contributed by atoms with E-state index in [0.29, 0.717) is 12.0 Å². The van der Waals surface area contributed by atoms with Crippen molar-refractivity contribution in [1.82, 2.24) is 4.90 Å². The minimum absolute atomic E-state index is 0.0200. The van der Waals surface area contributed by atoms with E-state index in [1.54, 1.807) is 7.11 Å². The fourth-order valence-electron chi connectivity index (χ4n) is 11.1. The van der Waals surface area contributed by atoms with Crippen molar-refractivity contribution < 1.29 is 19.3 Å². The maximum Gasteiger partial charge on any atom is 0.165 e. The summed E-state index contributed by atoms with van der Waals surface area (Å²) in [6.07, 6.45) is 9.08. The zero-order valence-corrected chi connectivity index (χ0v) is 22.0. The summed E-state index contributed by atoms with van der Waals surface area (Å²) >= 11 is 0. The Bertz CT molecular complexity index is 1130. The summed E-state index contributed by atoms with van der Waals surface area (Å²) in [5.41, 5.74) is 2.07. The summed E-state index contributed by atoms with van der Waals surface area (Å²) in [4.78, 5) is 2.93. The summed E-state index contributed by atoms with van der Waals surface area (Å²) in [5.74, 6) is 3.24. The van der Waals surface area contributed by atoms with Gasteiger partial charge in [-0.05, 0) is 81.8 Å². The number of likely N-dealkylation sites (tertiary alicyclic amines) is 1. The van der Waals surface area contributed by atoms with Crippen molar-refractivity contribution >= 4 is 0 Å². The van der Waals surface area contributed by atoms with Gasteiger partial charge in [-0.25, -0.2) is 0 Å². The maximum absolute atomic E-state index is 12.1. The molecule has 9 atom stereocenters. The highest BCUT2D eigenvalue weighted by Gasteiger charge is 2.92. The zero-order chi connectivity index (χ0) is 24.2. The maximum atomic E-state index is 12.1. The van der Waals surface area contributed by atoms with Crippen LogP contribution in [0, 0.1) is 23.2 Å². The van der Waals surface area contributed by atoms with E-state index in [1.807, 2.05) is 7.11 Å². The predicted octanol–water partition coefficient (Wildman–Crippen LogP) is 4.47. The van der Waals surface area contributed by atoms with E-state index in [0.717, 1.165) is 43.1 Å². The van der Waals surface area contributed by atoms with Crippen molar-refractivity contribution in [3.8, 4) is 11.5 Å². The molecule has 2 aliphatic heterocycles. The molecule has 2 heterocycles. The molecule has 5 heteroatoms. The quantitative estimate of drug-likeness (QED) is 0.585. The van der Waals surface area contributed by atoms with Crippen LogP contribution in [0.3, 0.4) is 0 Å². The molecule has 0 aromatic heterocycles. The number of nitrogens with zero attached hydrogens (tertiary/aromatic N) is 1.